The Hall–Kier alpha value is -0.570. The first kappa shape index (κ1) is 14.8. The van der Waals surface area contributed by atoms with Crippen LogP contribution in [0.4, 0.5) is 0 Å². The first-order valence-electron chi connectivity index (χ1n) is 7.38. The van der Waals surface area contributed by atoms with E-state index in [9.17, 15) is 0 Å². The molecule has 0 aromatic heterocycles. The van der Waals surface area contributed by atoms with Crippen molar-refractivity contribution in [2.45, 2.75) is 32.2 Å². The van der Waals surface area contributed by atoms with Gasteiger partial charge in [0, 0.05) is 17.6 Å². The molecule has 2 nitrogen and oxygen atoms in total. The minimum absolute atomic E-state index is 0.429. The Morgan fingerprint density at radius 2 is 2.11 bits per heavy atom. The van der Waals surface area contributed by atoms with Crippen LogP contribution >= 0.6 is 11.6 Å². The van der Waals surface area contributed by atoms with Gasteiger partial charge in [-0.3, -0.25) is 0 Å². The van der Waals surface area contributed by atoms with Crippen molar-refractivity contribution < 1.29 is 0 Å². The second-order valence-corrected chi connectivity index (χ2v) is 5.98. The molecule has 1 saturated heterocycles. The van der Waals surface area contributed by atoms with Gasteiger partial charge in [-0.2, -0.15) is 0 Å². The lowest BCUT2D eigenvalue weighted by molar-refractivity contribution is 0.301. The third-order valence-corrected chi connectivity index (χ3v) is 4.55. The molecule has 1 aromatic carbocycles. The molecule has 0 amide bonds. The highest BCUT2D eigenvalue weighted by molar-refractivity contribution is 6.30. The highest BCUT2D eigenvalue weighted by atomic mass is 35.5. The summed E-state index contributed by atoms with van der Waals surface area (Å²) in [6.07, 6.45) is 3.86. The van der Waals surface area contributed by atoms with Crippen molar-refractivity contribution in [2.75, 3.05) is 26.7 Å². The van der Waals surface area contributed by atoms with Gasteiger partial charge in [-0.25, -0.2) is 0 Å². The maximum Gasteiger partial charge on any atom is 0.0406 e. The molecule has 19 heavy (non-hydrogen) atoms. The van der Waals surface area contributed by atoms with E-state index in [1.54, 1.807) is 0 Å². The number of hydrogen-bond acceptors (Lipinski definition) is 2. The van der Waals surface area contributed by atoms with Crippen molar-refractivity contribution in [3.05, 3.63) is 34.9 Å². The zero-order chi connectivity index (χ0) is 13.7. The number of hydrogen-bond donors (Lipinski definition) is 1. The molecule has 3 heteroatoms. The van der Waals surface area contributed by atoms with Gasteiger partial charge in [0.1, 0.15) is 0 Å². The van der Waals surface area contributed by atoms with Gasteiger partial charge in [-0.05, 0) is 56.6 Å². The maximum absolute atomic E-state index is 5.94. The van der Waals surface area contributed by atoms with Crippen LogP contribution in [0.1, 0.15) is 37.8 Å². The number of halogens is 1. The van der Waals surface area contributed by atoms with Crippen LogP contribution < -0.4 is 5.32 Å². The zero-order valence-electron chi connectivity index (χ0n) is 12.0. The van der Waals surface area contributed by atoms with E-state index in [0.29, 0.717) is 6.04 Å². The van der Waals surface area contributed by atoms with Crippen LogP contribution in [-0.4, -0.2) is 31.6 Å². The first-order valence-corrected chi connectivity index (χ1v) is 7.75. The van der Waals surface area contributed by atoms with E-state index in [4.69, 9.17) is 11.6 Å². The van der Waals surface area contributed by atoms with E-state index in [1.165, 1.54) is 38.0 Å². The number of nitrogens with one attached hydrogen (secondary N) is 1. The van der Waals surface area contributed by atoms with Crippen molar-refractivity contribution in [3.63, 3.8) is 0 Å². The molecule has 1 aliphatic rings. The molecule has 1 fully saturated rings. The summed E-state index contributed by atoms with van der Waals surface area (Å²) in [5.41, 5.74) is 1.33. The van der Waals surface area contributed by atoms with E-state index in [2.05, 4.69) is 29.3 Å². The van der Waals surface area contributed by atoms with E-state index in [0.717, 1.165) is 17.4 Å². The molecule has 2 atom stereocenters. The van der Waals surface area contributed by atoms with Crippen LogP contribution in [0.25, 0.3) is 0 Å². The second-order valence-electron chi connectivity index (χ2n) is 5.55. The largest absolute Gasteiger partial charge is 0.313 e. The van der Waals surface area contributed by atoms with Crippen molar-refractivity contribution in [2.24, 2.45) is 5.92 Å². The Kier molecular flexibility index (Phi) is 5.68. The molecule has 1 heterocycles. The summed E-state index contributed by atoms with van der Waals surface area (Å²) in [5.74, 6) is 0.920. The third-order valence-electron chi connectivity index (χ3n) is 4.30. The van der Waals surface area contributed by atoms with E-state index in [1.807, 2.05) is 19.2 Å². The van der Waals surface area contributed by atoms with Crippen LogP contribution in [-0.2, 0) is 0 Å². The number of nitrogens with zero attached hydrogens (tertiary/aromatic N) is 1. The lowest BCUT2D eigenvalue weighted by Crippen LogP contribution is -2.26. The molecular formula is C16H25ClN2. The van der Waals surface area contributed by atoms with Crippen molar-refractivity contribution in [3.8, 4) is 0 Å². The van der Waals surface area contributed by atoms with Crippen LogP contribution in [0.3, 0.4) is 0 Å². The summed E-state index contributed by atoms with van der Waals surface area (Å²) in [6, 6.07) is 8.64. The summed E-state index contributed by atoms with van der Waals surface area (Å²) in [7, 11) is 2.04. The molecule has 0 bridgehead atoms. The zero-order valence-corrected chi connectivity index (χ0v) is 12.8. The topological polar surface area (TPSA) is 15.3 Å². The first-order chi connectivity index (χ1) is 9.22. The van der Waals surface area contributed by atoms with Crippen LogP contribution in [0.5, 0.6) is 0 Å². The predicted octanol–water partition coefficient (Wildman–Crippen LogP) is 3.72. The highest BCUT2D eigenvalue weighted by Crippen LogP contribution is 2.23. The molecule has 0 radical (unpaired) electrons. The Morgan fingerprint density at radius 3 is 2.68 bits per heavy atom. The smallest absolute Gasteiger partial charge is 0.0406 e. The fourth-order valence-corrected chi connectivity index (χ4v) is 3.06. The predicted molar refractivity (Wildman–Crippen MR) is 82.7 cm³/mol. The second kappa shape index (κ2) is 7.28. The van der Waals surface area contributed by atoms with E-state index < -0.39 is 0 Å². The fraction of sp³-hybridized carbons (Fsp3) is 0.625. The lowest BCUT2D eigenvalue weighted by atomic mass is 10.0. The Bertz CT molecular complexity index is 377. The molecule has 1 N–H and O–H groups in total. The molecule has 106 valence electrons. The fourth-order valence-electron chi connectivity index (χ4n) is 2.93. The van der Waals surface area contributed by atoms with Gasteiger partial charge >= 0.3 is 0 Å². The Morgan fingerprint density at radius 1 is 1.37 bits per heavy atom. The quantitative estimate of drug-likeness (QED) is 0.854. The van der Waals surface area contributed by atoms with Crippen LogP contribution in [0.2, 0.25) is 5.02 Å². The number of rotatable bonds is 6. The summed E-state index contributed by atoms with van der Waals surface area (Å²) in [5, 5.41) is 4.23. The highest BCUT2D eigenvalue weighted by Gasteiger charge is 2.21. The molecular weight excluding hydrogens is 256 g/mol. The van der Waals surface area contributed by atoms with Gasteiger partial charge in [-0.1, -0.05) is 37.1 Å². The average Bonchev–Trinajstić information content (AvgIpc) is 2.89. The minimum atomic E-state index is 0.429. The van der Waals surface area contributed by atoms with E-state index >= 15 is 0 Å². The van der Waals surface area contributed by atoms with Crippen molar-refractivity contribution >= 4 is 11.6 Å². The Balaban J connectivity index is 1.84. The standard InChI is InChI=1S/C16H25ClN2/c1-3-13-8-10-19(12-13)11-9-16(18-2)14-4-6-15(17)7-5-14/h4-7,13,16,18H,3,8-12H2,1-2H3. The van der Waals surface area contributed by atoms with Gasteiger partial charge in [0.15, 0.2) is 0 Å². The summed E-state index contributed by atoms with van der Waals surface area (Å²) < 4.78 is 0. The van der Waals surface area contributed by atoms with Gasteiger partial charge in [0.05, 0.1) is 0 Å². The van der Waals surface area contributed by atoms with Crippen molar-refractivity contribution in [1.82, 2.24) is 10.2 Å². The van der Waals surface area contributed by atoms with Gasteiger partial charge in [-0.15, -0.1) is 0 Å². The molecule has 0 aliphatic carbocycles. The van der Waals surface area contributed by atoms with Crippen LogP contribution in [0, 0.1) is 5.92 Å². The molecule has 2 unspecified atom stereocenters. The lowest BCUT2D eigenvalue weighted by Gasteiger charge is -2.21. The van der Waals surface area contributed by atoms with Gasteiger partial charge < -0.3 is 10.2 Å². The van der Waals surface area contributed by atoms with Gasteiger partial charge in [0.25, 0.3) is 0 Å². The molecule has 0 saturated carbocycles. The molecule has 0 spiro atoms. The molecule has 2 rings (SSSR count). The summed E-state index contributed by atoms with van der Waals surface area (Å²) in [4.78, 5) is 2.61. The maximum atomic E-state index is 5.94. The van der Waals surface area contributed by atoms with Gasteiger partial charge in [0.2, 0.25) is 0 Å². The average molecular weight is 281 g/mol. The summed E-state index contributed by atoms with van der Waals surface area (Å²) >= 11 is 5.94. The van der Waals surface area contributed by atoms with Crippen LogP contribution in [0.15, 0.2) is 24.3 Å². The minimum Gasteiger partial charge on any atom is -0.313 e. The summed E-state index contributed by atoms with van der Waals surface area (Å²) in [6.45, 7) is 6.05. The molecule has 1 aliphatic heterocycles. The van der Waals surface area contributed by atoms with Crippen molar-refractivity contribution in [1.29, 1.82) is 0 Å². The SMILES string of the molecule is CCC1CCN(CCC(NC)c2ccc(Cl)cc2)C1. The number of benzene rings is 1. The molecule has 1 aromatic rings. The number of likely N-dealkylation sites (tertiary alicyclic amines) is 1. The monoisotopic (exact) mass is 280 g/mol. The Labute approximate surface area is 122 Å². The normalized spacial score (nSPS) is 21.7. The third kappa shape index (κ3) is 4.20. The van der Waals surface area contributed by atoms with E-state index in [-0.39, 0.29) is 0 Å².